The molecule has 146 valence electrons. The average molecular weight is 378 g/mol. The number of rotatable bonds is 7. The Labute approximate surface area is 165 Å². The minimum absolute atomic E-state index is 0.0219. The summed E-state index contributed by atoms with van der Waals surface area (Å²) in [6.07, 6.45) is 2.23. The maximum atomic E-state index is 12.7. The van der Waals surface area contributed by atoms with Crippen LogP contribution in [0.2, 0.25) is 0 Å². The van der Waals surface area contributed by atoms with Crippen LogP contribution >= 0.6 is 0 Å². The first-order valence-electron chi connectivity index (χ1n) is 9.84. The largest absolute Gasteiger partial charge is 0.379 e. The topological polar surface area (TPSA) is 59.4 Å². The van der Waals surface area contributed by atoms with Gasteiger partial charge in [-0.2, -0.15) is 0 Å². The highest BCUT2D eigenvalue weighted by atomic mass is 16.5. The van der Waals surface area contributed by atoms with Crippen molar-refractivity contribution in [1.82, 2.24) is 19.8 Å². The van der Waals surface area contributed by atoms with Gasteiger partial charge in [0, 0.05) is 32.6 Å². The molecule has 0 bridgehead atoms. The van der Waals surface area contributed by atoms with Crippen LogP contribution in [0.15, 0.2) is 60.9 Å². The first-order chi connectivity index (χ1) is 13.8. The molecule has 2 heterocycles. The van der Waals surface area contributed by atoms with E-state index in [-0.39, 0.29) is 11.9 Å². The second-order valence-electron chi connectivity index (χ2n) is 7.12. The molecular weight excluding hydrogens is 352 g/mol. The third-order valence-corrected chi connectivity index (χ3v) is 5.19. The van der Waals surface area contributed by atoms with Crippen LogP contribution in [0.3, 0.4) is 0 Å². The maximum Gasteiger partial charge on any atom is 0.222 e. The quantitative estimate of drug-likeness (QED) is 0.687. The van der Waals surface area contributed by atoms with Crippen LogP contribution < -0.4 is 5.32 Å². The number of nitrogens with zero attached hydrogens (tertiary/aromatic N) is 3. The highest BCUT2D eigenvalue weighted by molar-refractivity contribution is 5.77. The van der Waals surface area contributed by atoms with E-state index in [1.807, 2.05) is 47.0 Å². The molecule has 2 aromatic carbocycles. The molecule has 1 N–H and O–H groups in total. The fourth-order valence-corrected chi connectivity index (χ4v) is 3.64. The summed E-state index contributed by atoms with van der Waals surface area (Å²) in [6.45, 7) is 4.73. The number of fused-ring (bicyclic) bond motifs is 1. The van der Waals surface area contributed by atoms with Gasteiger partial charge in [0.15, 0.2) is 0 Å². The van der Waals surface area contributed by atoms with Crippen LogP contribution in [0, 0.1) is 0 Å². The molecule has 1 saturated heterocycles. The minimum Gasteiger partial charge on any atom is -0.379 e. The van der Waals surface area contributed by atoms with Gasteiger partial charge in [0.2, 0.25) is 5.91 Å². The van der Waals surface area contributed by atoms with Gasteiger partial charge in [-0.05, 0) is 17.7 Å². The molecule has 0 spiro atoms. The molecule has 3 aromatic rings. The lowest BCUT2D eigenvalue weighted by molar-refractivity contribution is -0.122. The molecule has 1 amide bonds. The van der Waals surface area contributed by atoms with Gasteiger partial charge in [-0.1, -0.05) is 42.5 Å². The summed E-state index contributed by atoms with van der Waals surface area (Å²) in [6, 6.07) is 18.2. The third kappa shape index (κ3) is 4.58. The monoisotopic (exact) mass is 378 g/mol. The van der Waals surface area contributed by atoms with Gasteiger partial charge in [-0.25, -0.2) is 4.98 Å². The second kappa shape index (κ2) is 8.99. The molecule has 1 aliphatic rings. The van der Waals surface area contributed by atoms with Crippen molar-refractivity contribution < 1.29 is 9.53 Å². The van der Waals surface area contributed by atoms with Crippen LogP contribution in [0.1, 0.15) is 18.0 Å². The number of amides is 1. The Morgan fingerprint density at radius 2 is 1.82 bits per heavy atom. The summed E-state index contributed by atoms with van der Waals surface area (Å²) in [5.74, 6) is 0.0555. The Morgan fingerprint density at radius 1 is 1.07 bits per heavy atom. The lowest BCUT2D eigenvalue weighted by Gasteiger charge is -2.31. The van der Waals surface area contributed by atoms with E-state index >= 15 is 0 Å². The number of nitrogens with one attached hydrogen (secondary N) is 1. The van der Waals surface area contributed by atoms with Gasteiger partial charge in [0.05, 0.1) is 36.6 Å². The Bertz CT molecular complexity index is 903. The lowest BCUT2D eigenvalue weighted by atomic mass is 10.1. The SMILES string of the molecule is O=C(CCn1cnc2ccccc21)NC(CN1CCOCC1)c1ccccc1. The number of hydrogen-bond acceptors (Lipinski definition) is 4. The van der Waals surface area contributed by atoms with E-state index in [0.29, 0.717) is 13.0 Å². The van der Waals surface area contributed by atoms with Crippen molar-refractivity contribution in [2.24, 2.45) is 0 Å². The van der Waals surface area contributed by atoms with Crippen LogP contribution in [0.25, 0.3) is 11.0 Å². The lowest BCUT2D eigenvalue weighted by Crippen LogP contribution is -2.43. The van der Waals surface area contributed by atoms with E-state index < -0.39 is 0 Å². The molecule has 28 heavy (non-hydrogen) atoms. The minimum atomic E-state index is -0.0219. The highest BCUT2D eigenvalue weighted by Gasteiger charge is 2.20. The van der Waals surface area contributed by atoms with E-state index in [2.05, 4.69) is 27.3 Å². The molecule has 0 saturated carbocycles. The van der Waals surface area contributed by atoms with Crippen LogP contribution in [0.5, 0.6) is 0 Å². The van der Waals surface area contributed by atoms with E-state index in [4.69, 9.17) is 4.74 Å². The highest BCUT2D eigenvalue weighted by Crippen LogP contribution is 2.16. The number of hydrogen-bond donors (Lipinski definition) is 1. The standard InChI is InChI=1S/C22H26N4O2/c27-22(10-11-26-17-23-19-8-4-5-9-21(19)26)24-20(18-6-2-1-3-7-18)16-25-12-14-28-15-13-25/h1-9,17,20H,10-16H2,(H,24,27). The molecule has 6 nitrogen and oxygen atoms in total. The predicted molar refractivity (Wildman–Crippen MR) is 109 cm³/mol. The van der Waals surface area contributed by atoms with Crippen molar-refractivity contribution in [3.63, 3.8) is 0 Å². The van der Waals surface area contributed by atoms with Crippen LogP contribution in [-0.4, -0.2) is 53.2 Å². The van der Waals surface area contributed by atoms with Crippen molar-refractivity contribution in [3.05, 3.63) is 66.5 Å². The summed E-state index contributed by atoms with van der Waals surface area (Å²) in [4.78, 5) is 19.5. The molecule has 0 aliphatic carbocycles. The number of morpholine rings is 1. The first-order valence-corrected chi connectivity index (χ1v) is 9.84. The second-order valence-corrected chi connectivity index (χ2v) is 7.12. The zero-order valence-electron chi connectivity index (χ0n) is 16.0. The van der Waals surface area contributed by atoms with Crippen molar-refractivity contribution in [3.8, 4) is 0 Å². The number of aryl methyl sites for hydroxylation is 1. The summed E-state index contributed by atoms with van der Waals surface area (Å²) in [5.41, 5.74) is 3.15. The molecule has 0 radical (unpaired) electrons. The van der Waals surface area contributed by atoms with Crippen LogP contribution in [0.4, 0.5) is 0 Å². The van der Waals surface area contributed by atoms with Gasteiger partial charge in [0.25, 0.3) is 0 Å². The molecule has 1 atom stereocenters. The Morgan fingerprint density at radius 3 is 2.64 bits per heavy atom. The van der Waals surface area contributed by atoms with Gasteiger partial charge in [-0.3, -0.25) is 9.69 Å². The summed E-state index contributed by atoms with van der Waals surface area (Å²) in [5, 5.41) is 3.24. The smallest absolute Gasteiger partial charge is 0.222 e. The van der Waals surface area contributed by atoms with Crippen LogP contribution in [-0.2, 0) is 16.1 Å². The van der Waals surface area contributed by atoms with Gasteiger partial charge >= 0.3 is 0 Å². The summed E-state index contributed by atoms with van der Waals surface area (Å²) in [7, 11) is 0. The fourth-order valence-electron chi connectivity index (χ4n) is 3.64. The normalized spacial score (nSPS) is 16.1. The van der Waals surface area contributed by atoms with E-state index in [1.165, 1.54) is 0 Å². The number of carbonyl (C=O) groups excluding carboxylic acids is 1. The van der Waals surface area contributed by atoms with Crippen molar-refractivity contribution in [1.29, 1.82) is 0 Å². The number of imidazole rings is 1. The zero-order chi connectivity index (χ0) is 19.2. The molecule has 1 aliphatic heterocycles. The number of ether oxygens (including phenoxy) is 1. The maximum absolute atomic E-state index is 12.7. The molecule has 1 unspecified atom stereocenters. The molecule has 6 heteroatoms. The number of aromatic nitrogens is 2. The van der Waals surface area contributed by atoms with E-state index in [9.17, 15) is 4.79 Å². The molecule has 1 fully saturated rings. The molecule has 1 aromatic heterocycles. The third-order valence-electron chi connectivity index (χ3n) is 5.19. The van der Waals surface area contributed by atoms with Gasteiger partial charge in [-0.15, -0.1) is 0 Å². The van der Waals surface area contributed by atoms with Crippen molar-refractivity contribution in [2.75, 3.05) is 32.8 Å². The number of para-hydroxylation sites is 2. The van der Waals surface area contributed by atoms with Gasteiger partial charge in [0.1, 0.15) is 0 Å². The Balaban J connectivity index is 1.40. The average Bonchev–Trinajstić information content (AvgIpc) is 3.16. The molecule has 4 rings (SSSR count). The number of benzene rings is 2. The Hall–Kier alpha value is -2.70. The van der Waals surface area contributed by atoms with Gasteiger partial charge < -0.3 is 14.6 Å². The zero-order valence-corrected chi connectivity index (χ0v) is 16.0. The molecular formula is C22H26N4O2. The fraction of sp³-hybridized carbons (Fsp3) is 0.364. The number of carbonyl (C=O) groups is 1. The summed E-state index contributed by atoms with van der Waals surface area (Å²) >= 11 is 0. The predicted octanol–water partition coefficient (Wildman–Crippen LogP) is 2.62. The van der Waals surface area contributed by atoms with E-state index in [0.717, 1.165) is 49.4 Å². The Kier molecular flexibility index (Phi) is 5.99. The summed E-state index contributed by atoms with van der Waals surface area (Å²) < 4.78 is 7.48. The first kappa shape index (κ1) is 18.7. The van der Waals surface area contributed by atoms with E-state index in [1.54, 1.807) is 6.33 Å². The van der Waals surface area contributed by atoms with Crippen molar-refractivity contribution in [2.45, 2.75) is 19.0 Å². The van der Waals surface area contributed by atoms with Crippen molar-refractivity contribution >= 4 is 16.9 Å².